The molecule has 2 N–H and O–H groups in total. The molecule has 0 heterocycles. The van der Waals surface area contributed by atoms with Crippen LogP contribution >= 0.6 is 0 Å². The Morgan fingerprint density at radius 1 is 1.25 bits per heavy atom. The van der Waals surface area contributed by atoms with E-state index in [0.29, 0.717) is 6.61 Å². The zero-order chi connectivity index (χ0) is 14.4. The first-order valence-electron chi connectivity index (χ1n) is 7.68. The molecule has 3 nitrogen and oxygen atoms in total. The Labute approximate surface area is 122 Å². The average molecular weight is 277 g/mol. The molecule has 1 aliphatic carbocycles. The largest absolute Gasteiger partial charge is 0.496 e. The maximum atomic E-state index is 9.76. The normalized spacial score (nSPS) is 19.6. The van der Waals surface area contributed by atoms with Gasteiger partial charge in [-0.15, -0.1) is 0 Å². The average Bonchev–Trinajstić information content (AvgIpc) is 2.53. The molecule has 0 radical (unpaired) electrons. The highest BCUT2D eigenvalue weighted by atomic mass is 16.5. The molecule has 0 aliphatic heterocycles. The number of hydrogen-bond donors (Lipinski definition) is 2. The van der Waals surface area contributed by atoms with Crippen molar-refractivity contribution in [2.24, 2.45) is 5.41 Å². The highest BCUT2D eigenvalue weighted by Crippen LogP contribution is 2.36. The topological polar surface area (TPSA) is 41.5 Å². The molecule has 1 aliphatic rings. The number of aliphatic hydroxyl groups is 1. The Morgan fingerprint density at radius 2 is 1.95 bits per heavy atom. The van der Waals surface area contributed by atoms with Gasteiger partial charge in [-0.1, -0.05) is 37.5 Å². The molecule has 2 rings (SSSR count). The predicted octanol–water partition coefficient (Wildman–Crippen LogP) is 3.29. The van der Waals surface area contributed by atoms with E-state index in [1.165, 1.54) is 24.8 Å². The lowest BCUT2D eigenvalue weighted by Crippen LogP contribution is -2.40. The number of rotatable bonds is 6. The van der Waals surface area contributed by atoms with E-state index >= 15 is 0 Å². The van der Waals surface area contributed by atoms with Crippen LogP contribution in [0.2, 0.25) is 0 Å². The molecule has 1 atom stereocenters. The summed E-state index contributed by atoms with van der Waals surface area (Å²) in [7, 11) is 1.71. The Kier molecular flexibility index (Phi) is 5.44. The summed E-state index contributed by atoms with van der Waals surface area (Å²) in [5.41, 5.74) is 1.26. The summed E-state index contributed by atoms with van der Waals surface area (Å²) in [6.45, 7) is 3.33. The number of aliphatic hydroxyl groups excluding tert-OH is 1. The van der Waals surface area contributed by atoms with E-state index in [4.69, 9.17) is 4.74 Å². The molecule has 1 aromatic rings. The molecule has 1 aromatic carbocycles. The van der Waals surface area contributed by atoms with Crippen molar-refractivity contribution in [2.45, 2.75) is 45.1 Å². The van der Waals surface area contributed by atoms with Crippen molar-refractivity contribution in [2.75, 3.05) is 20.3 Å². The predicted molar refractivity (Wildman–Crippen MR) is 82.0 cm³/mol. The van der Waals surface area contributed by atoms with Gasteiger partial charge in [-0.3, -0.25) is 0 Å². The maximum Gasteiger partial charge on any atom is 0.123 e. The molecular formula is C17H27NO2. The third-order valence-electron chi connectivity index (χ3n) is 4.64. The zero-order valence-corrected chi connectivity index (χ0v) is 12.7. The van der Waals surface area contributed by atoms with E-state index in [2.05, 4.69) is 18.3 Å². The van der Waals surface area contributed by atoms with Crippen LogP contribution in [0.1, 0.15) is 50.6 Å². The van der Waals surface area contributed by atoms with Gasteiger partial charge in [0.25, 0.3) is 0 Å². The van der Waals surface area contributed by atoms with Crippen molar-refractivity contribution in [1.29, 1.82) is 0 Å². The number of para-hydroxylation sites is 1. The quantitative estimate of drug-likeness (QED) is 0.838. The number of benzene rings is 1. The molecule has 20 heavy (non-hydrogen) atoms. The third-order valence-corrected chi connectivity index (χ3v) is 4.64. The van der Waals surface area contributed by atoms with Gasteiger partial charge in [0.05, 0.1) is 7.11 Å². The van der Waals surface area contributed by atoms with Crippen LogP contribution in [0.3, 0.4) is 0 Å². The SMILES string of the molecule is COc1ccccc1[C@H](C)NCC1(CO)CCCCC1. The van der Waals surface area contributed by atoms with Crippen LogP contribution in [0, 0.1) is 5.41 Å². The fraction of sp³-hybridized carbons (Fsp3) is 0.647. The Balaban J connectivity index is 1.98. The second kappa shape index (κ2) is 7.09. The summed E-state index contributed by atoms with van der Waals surface area (Å²) in [5, 5.41) is 13.4. The van der Waals surface area contributed by atoms with Gasteiger partial charge in [0.15, 0.2) is 0 Å². The van der Waals surface area contributed by atoms with E-state index < -0.39 is 0 Å². The summed E-state index contributed by atoms with van der Waals surface area (Å²) in [4.78, 5) is 0. The number of nitrogens with one attached hydrogen (secondary N) is 1. The van der Waals surface area contributed by atoms with Crippen LogP contribution in [-0.2, 0) is 0 Å². The van der Waals surface area contributed by atoms with Crippen LogP contribution in [0.5, 0.6) is 5.75 Å². The molecule has 1 fully saturated rings. The molecule has 112 valence electrons. The van der Waals surface area contributed by atoms with Crippen LogP contribution in [0.15, 0.2) is 24.3 Å². The van der Waals surface area contributed by atoms with Gasteiger partial charge in [0.2, 0.25) is 0 Å². The molecule has 3 heteroatoms. The van der Waals surface area contributed by atoms with E-state index in [1.807, 2.05) is 18.2 Å². The van der Waals surface area contributed by atoms with Crippen molar-refractivity contribution in [3.63, 3.8) is 0 Å². The first-order valence-corrected chi connectivity index (χ1v) is 7.68. The van der Waals surface area contributed by atoms with Crippen molar-refractivity contribution < 1.29 is 9.84 Å². The monoisotopic (exact) mass is 277 g/mol. The summed E-state index contributed by atoms with van der Waals surface area (Å²) in [6, 6.07) is 8.36. The molecule has 0 unspecified atom stereocenters. The first-order chi connectivity index (χ1) is 9.71. The second-order valence-electron chi connectivity index (χ2n) is 6.06. The molecule has 0 spiro atoms. The molecule has 1 saturated carbocycles. The Morgan fingerprint density at radius 3 is 2.60 bits per heavy atom. The fourth-order valence-electron chi connectivity index (χ4n) is 3.20. The molecule has 0 bridgehead atoms. The standard InChI is InChI=1S/C17H27NO2/c1-14(15-8-4-5-9-16(15)20-2)18-12-17(13-19)10-6-3-7-11-17/h4-5,8-9,14,18-19H,3,6-7,10-13H2,1-2H3/t14-/m0/s1. The lowest BCUT2D eigenvalue weighted by molar-refractivity contribution is 0.0788. The first kappa shape index (κ1) is 15.3. The van der Waals surface area contributed by atoms with E-state index in [1.54, 1.807) is 7.11 Å². The van der Waals surface area contributed by atoms with Crippen LogP contribution < -0.4 is 10.1 Å². The zero-order valence-electron chi connectivity index (χ0n) is 12.7. The summed E-state index contributed by atoms with van der Waals surface area (Å²) >= 11 is 0. The van der Waals surface area contributed by atoms with Gasteiger partial charge in [-0.05, 0) is 25.8 Å². The van der Waals surface area contributed by atoms with Crippen molar-refractivity contribution in [3.8, 4) is 5.75 Å². The molecular weight excluding hydrogens is 250 g/mol. The maximum absolute atomic E-state index is 9.76. The lowest BCUT2D eigenvalue weighted by Gasteiger charge is -2.37. The smallest absolute Gasteiger partial charge is 0.123 e. The van der Waals surface area contributed by atoms with Gasteiger partial charge < -0.3 is 15.2 Å². The van der Waals surface area contributed by atoms with E-state index in [0.717, 1.165) is 25.1 Å². The Bertz CT molecular complexity index is 413. The van der Waals surface area contributed by atoms with Gasteiger partial charge in [0.1, 0.15) is 5.75 Å². The van der Waals surface area contributed by atoms with Crippen LogP contribution in [0.25, 0.3) is 0 Å². The third kappa shape index (κ3) is 3.53. The van der Waals surface area contributed by atoms with Gasteiger partial charge in [-0.2, -0.15) is 0 Å². The minimum Gasteiger partial charge on any atom is -0.496 e. The minimum atomic E-state index is 0.0779. The van der Waals surface area contributed by atoms with Crippen molar-refractivity contribution in [3.05, 3.63) is 29.8 Å². The van der Waals surface area contributed by atoms with Crippen molar-refractivity contribution >= 4 is 0 Å². The number of methoxy groups -OCH3 is 1. The van der Waals surface area contributed by atoms with Gasteiger partial charge >= 0.3 is 0 Å². The van der Waals surface area contributed by atoms with Gasteiger partial charge in [-0.25, -0.2) is 0 Å². The van der Waals surface area contributed by atoms with Crippen molar-refractivity contribution in [1.82, 2.24) is 5.32 Å². The molecule has 0 saturated heterocycles. The molecule has 0 amide bonds. The van der Waals surface area contributed by atoms with Crippen LogP contribution in [-0.4, -0.2) is 25.4 Å². The van der Waals surface area contributed by atoms with E-state index in [-0.39, 0.29) is 11.5 Å². The number of hydrogen-bond acceptors (Lipinski definition) is 3. The fourth-order valence-corrected chi connectivity index (χ4v) is 3.20. The molecule has 0 aromatic heterocycles. The highest BCUT2D eigenvalue weighted by Gasteiger charge is 2.31. The van der Waals surface area contributed by atoms with E-state index in [9.17, 15) is 5.11 Å². The summed E-state index contributed by atoms with van der Waals surface area (Å²) in [5.74, 6) is 0.925. The highest BCUT2D eigenvalue weighted by molar-refractivity contribution is 5.35. The summed E-state index contributed by atoms with van der Waals surface area (Å²) < 4.78 is 5.42. The van der Waals surface area contributed by atoms with Gasteiger partial charge in [0, 0.05) is 30.2 Å². The van der Waals surface area contributed by atoms with Crippen LogP contribution in [0.4, 0.5) is 0 Å². The number of ether oxygens (including phenoxy) is 1. The second-order valence-corrected chi connectivity index (χ2v) is 6.06. The Hall–Kier alpha value is -1.06. The lowest BCUT2D eigenvalue weighted by atomic mass is 9.74. The minimum absolute atomic E-state index is 0.0779. The summed E-state index contributed by atoms with van der Waals surface area (Å²) in [6.07, 6.45) is 6.06.